The van der Waals surface area contributed by atoms with Crippen molar-refractivity contribution in [1.29, 1.82) is 0 Å². The summed E-state index contributed by atoms with van der Waals surface area (Å²) in [5.74, 6) is -0.766. The first-order valence-electron chi connectivity index (χ1n) is 9.98. The van der Waals surface area contributed by atoms with Crippen molar-refractivity contribution in [3.05, 3.63) is 65.7 Å². The molecule has 0 unspecified atom stereocenters. The van der Waals surface area contributed by atoms with E-state index in [2.05, 4.69) is 15.4 Å². The topological polar surface area (TPSA) is 101 Å². The maximum absolute atomic E-state index is 12.8. The normalized spacial score (nSPS) is 16.3. The molecule has 1 atom stereocenters. The number of tetrazole rings is 1. The van der Waals surface area contributed by atoms with Crippen LogP contribution in [-0.4, -0.2) is 73.3 Å². The Labute approximate surface area is 179 Å². The highest BCUT2D eigenvalue weighted by atomic mass is 16.2. The van der Waals surface area contributed by atoms with Crippen LogP contribution in [0.25, 0.3) is 11.4 Å². The van der Waals surface area contributed by atoms with Gasteiger partial charge >= 0.3 is 0 Å². The number of ketones is 1. The lowest BCUT2D eigenvalue weighted by molar-refractivity contribution is -0.130. The number of aryl methyl sites for hydroxylation is 1. The number of hydrogen-bond donors (Lipinski definition) is 0. The van der Waals surface area contributed by atoms with Gasteiger partial charge in [0.25, 0.3) is 11.8 Å². The van der Waals surface area contributed by atoms with Crippen LogP contribution in [-0.2, 0) is 11.8 Å². The van der Waals surface area contributed by atoms with Crippen LogP contribution < -0.4 is 0 Å². The van der Waals surface area contributed by atoms with Crippen LogP contribution in [0.4, 0.5) is 0 Å². The summed E-state index contributed by atoms with van der Waals surface area (Å²) >= 11 is 0. The number of carbonyl (C=O) groups is 3. The molecule has 0 aliphatic carbocycles. The van der Waals surface area contributed by atoms with Gasteiger partial charge in [0.2, 0.25) is 11.6 Å². The van der Waals surface area contributed by atoms with Crippen molar-refractivity contribution in [3.8, 4) is 11.4 Å². The molecular formula is C22H22N6O3. The van der Waals surface area contributed by atoms with Crippen molar-refractivity contribution in [2.75, 3.05) is 19.6 Å². The van der Waals surface area contributed by atoms with E-state index in [0.29, 0.717) is 42.1 Å². The van der Waals surface area contributed by atoms with Crippen molar-refractivity contribution in [1.82, 2.24) is 30.0 Å². The molecule has 2 aromatic carbocycles. The summed E-state index contributed by atoms with van der Waals surface area (Å²) in [6.45, 7) is 2.92. The zero-order chi connectivity index (χ0) is 22.0. The van der Waals surface area contributed by atoms with Gasteiger partial charge in [0.05, 0.1) is 7.05 Å². The van der Waals surface area contributed by atoms with Crippen molar-refractivity contribution in [2.45, 2.75) is 13.0 Å². The Balaban J connectivity index is 1.41. The summed E-state index contributed by atoms with van der Waals surface area (Å²) in [6.07, 6.45) is 0. The van der Waals surface area contributed by atoms with Crippen molar-refractivity contribution < 1.29 is 14.4 Å². The zero-order valence-electron chi connectivity index (χ0n) is 17.3. The number of amides is 2. The van der Waals surface area contributed by atoms with Crippen LogP contribution in [0.2, 0.25) is 0 Å². The van der Waals surface area contributed by atoms with E-state index in [9.17, 15) is 14.4 Å². The Morgan fingerprint density at radius 1 is 0.935 bits per heavy atom. The Morgan fingerprint density at radius 3 is 2.26 bits per heavy atom. The van der Waals surface area contributed by atoms with E-state index in [-0.39, 0.29) is 11.9 Å². The van der Waals surface area contributed by atoms with Crippen LogP contribution in [0.3, 0.4) is 0 Å². The minimum absolute atomic E-state index is 0.0703. The first-order valence-corrected chi connectivity index (χ1v) is 9.98. The van der Waals surface area contributed by atoms with Crippen LogP contribution in [0.5, 0.6) is 0 Å². The number of nitrogens with zero attached hydrogens (tertiary/aromatic N) is 6. The van der Waals surface area contributed by atoms with Crippen LogP contribution in [0, 0.1) is 0 Å². The van der Waals surface area contributed by atoms with Crippen molar-refractivity contribution in [2.24, 2.45) is 7.05 Å². The average Bonchev–Trinajstić information content (AvgIpc) is 3.24. The smallest absolute Gasteiger partial charge is 0.295 e. The monoisotopic (exact) mass is 418 g/mol. The quantitative estimate of drug-likeness (QED) is 0.469. The van der Waals surface area contributed by atoms with Gasteiger partial charge in [-0.25, -0.2) is 0 Å². The van der Waals surface area contributed by atoms with Gasteiger partial charge in [-0.05, 0) is 24.3 Å². The van der Waals surface area contributed by atoms with Gasteiger partial charge in [0, 0.05) is 42.4 Å². The molecule has 1 aliphatic rings. The number of piperazine rings is 1. The number of Topliss-reactive ketones (excluding diaryl/α,β-unsaturated/α-hetero) is 1. The van der Waals surface area contributed by atoms with E-state index in [1.807, 2.05) is 25.1 Å². The molecule has 4 rings (SSSR count). The van der Waals surface area contributed by atoms with Crippen molar-refractivity contribution >= 4 is 17.6 Å². The van der Waals surface area contributed by atoms with Gasteiger partial charge in [-0.15, -0.1) is 10.2 Å². The predicted molar refractivity (Wildman–Crippen MR) is 112 cm³/mol. The molecule has 9 nitrogen and oxygen atoms in total. The lowest BCUT2D eigenvalue weighted by atomic mass is 10.0. The lowest BCUT2D eigenvalue weighted by Gasteiger charge is -2.39. The molecule has 0 spiro atoms. The molecule has 2 heterocycles. The molecule has 9 heteroatoms. The minimum atomic E-state index is -0.576. The third kappa shape index (κ3) is 4.20. The predicted octanol–water partition coefficient (Wildman–Crippen LogP) is 1.43. The van der Waals surface area contributed by atoms with Gasteiger partial charge in [-0.3, -0.25) is 14.4 Å². The van der Waals surface area contributed by atoms with Crippen molar-refractivity contribution in [3.63, 3.8) is 0 Å². The Bertz CT molecular complexity index is 1110. The first kappa shape index (κ1) is 20.4. The highest BCUT2D eigenvalue weighted by Crippen LogP contribution is 2.18. The Kier molecular flexibility index (Phi) is 5.57. The highest BCUT2D eigenvalue weighted by molar-refractivity contribution is 6.42. The van der Waals surface area contributed by atoms with E-state index in [1.54, 1.807) is 48.3 Å². The molecule has 3 aromatic rings. The molecule has 1 saturated heterocycles. The van der Waals surface area contributed by atoms with Crippen LogP contribution in [0.15, 0.2) is 54.6 Å². The number of aromatic nitrogens is 4. The zero-order valence-corrected chi connectivity index (χ0v) is 17.3. The lowest BCUT2D eigenvalue weighted by Crippen LogP contribution is -2.56. The second kappa shape index (κ2) is 8.47. The van der Waals surface area contributed by atoms with Gasteiger partial charge in [-0.1, -0.05) is 42.5 Å². The molecule has 0 saturated carbocycles. The van der Waals surface area contributed by atoms with Gasteiger partial charge < -0.3 is 9.80 Å². The fourth-order valence-corrected chi connectivity index (χ4v) is 3.63. The molecule has 158 valence electrons. The standard InChI is InChI=1S/C22H22N6O3/c1-15-14-27(21(30)18-6-4-3-5-7-18)12-13-28(15)22(31)19(29)16-8-10-17(11-9-16)20-23-25-26(2)24-20/h3-11,15H,12-14H2,1-2H3/t15-/m1/s1. The molecule has 1 aliphatic heterocycles. The molecule has 0 bridgehead atoms. The minimum Gasteiger partial charge on any atom is -0.335 e. The van der Waals surface area contributed by atoms with Crippen LogP contribution >= 0.6 is 0 Å². The fourth-order valence-electron chi connectivity index (χ4n) is 3.63. The molecule has 1 aromatic heterocycles. The summed E-state index contributed by atoms with van der Waals surface area (Å²) in [4.78, 5) is 42.9. The number of rotatable bonds is 4. The second-order valence-corrected chi connectivity index (χ2v) is 7.47. The van der Waals surface area contributed by atoms with E-state index >= 15 is 0 Å². The summed E-state index contributed by atoms with van der Waals surface area (Å²) < 4.78 is 0. The third-order valence-electron chi connectivity index (χ3n) is 5.30. The molecule has 2 amide bonds. The second-order valence-electron chi connectivity index (χ2n) is 7.47. The maximum Gasteiger partial charge on any atom is 0.295 e. The molecule has 0 radical (unpaired) electrons. The molecular weight excluding hydrogens is 396 g/mol. The van der Waals surface area contributed by atoms with E-state index < -0.39 is 11.7 Å². The van der Waals surface area contributed by atoms with Gasteiger partial charge in [0.15, 0.2) is 0 Å². The summed E-state index contributed by atoms with van der Waals surface area (Å²) in [5.41, 5.74) is 1.62. The largest absolute Gasteiger partial charge is 0.335 e. The number of hydrogen-bond acceptors (Lipinski definition) is 6. The molecule has 0 N–H and O–H groups in total. The summed E-state index contributed by atoms with van der Waals surface area (Å²) in [6, 6.07) is 15.3. The highest BCUT2D eigenvalue weighted by Gasteiger charge is 2.33. The first-order chi connectivity index (χ1) is 14.9. The fraction of sp³-hybridized carbons (Fsp3) is 0.273. The number of benzene rings is 2. The van der Waals surface area contributed by atoms with E-state index in [0.717, 1.165) is 0 Å². The van der Waals surface area contributed by atoms with E-state index in [4.69, 9.17) is 0 Å². The molecule has 1 fully saturated rings. The van der Waals surface area contributed by atoms with Crippen LogP contribution in [0.1, 0.15) is 27.6 Å². The third-order valence-corrected chi connectivity index (χ3v) is 5.30. The Hall–Kier alpha value is -3.88. The summed E-state index contributed by atoms with van der Waals surface area (Å²) in [5, 5.41) is 11.8. The summed E-state index contributed by atoms with van der Waals surface area (Å²) in [7, 11) is 1.67. The maximum atomic E-state index is 12.8. The van der Waals surface area contributed by atoms with Gasteiger partial charge in [-0.2, -0.15) is 4.80 Å². The molecule has 31 heavy (non-hydrogen) atoms. The SMILES string of the molecule is C[C@@H]1CN(C(=O)c2ccccc2)CCN1C(=O)C(=O)c1ccc(-c2nnn(C)n2)cc1. The van der Waals surface area contributed by atoms with E-state index in [1.165, 1.54) is 9.70 Å². The Morgan fingerprint density at radius 2 is 1.65 bits per heavy atom. The number of carbonyl (C=O) groups excluding carboxylic acids is 3. The van der Waals surface area contributed by atoms with Gasteiger partial charge in [0.1, 0.15) is 0 Å². The average molecular weight is 418 g/mol.